The number of rotatable bonds is 6. The minimum atomic E-state index is -0.279. The van der Waals surface area contributed by atoms with Crippen LogP contribution in [0.5, 0.6) is 5.75 Å². The first-order valence-corrected chi connectivity index (χ1v) is 11.2. The highest BCUT2D eigenvalue weighted by Crippen LogP contribution is 2.32. The predicted molar refractivity (Wildman–Crippen MR) is 117 cm³/mol. The highest BCUT2D eigenvalue weighted by atomic mass is 32.1. The van der Waals surface area contributed by atoms with Crippen LogP contribution in [0.4, 0.5) is 4.39 Å². The van der Waals surface area contributed by atoms with Gasteiger partial charge in [0.25, 0.3) is 5.91 Å². The molecule has 4 nitrogen and oxygen atoms in total. The topological polar surface area (TPSA) is 42.4 Å². The molecule has 1 fully saturated rings. The molecule has 1 amide bonds. The number of carbonyl (C=O) groups excluding carboxylic acids is 1. The van der Waals surface area contributed by atoms with Crippen LogP contribution in [0.2, 0.25) is 0 Å². The van der Waals surface area contributed by atoms with Gasteiger partial charge in [0.2, 0.25) is 0 Å². The zero-order chi connectivity index (χ0) is 20.9. The lowest BCUT2D eigenvalue weighted by Crippen LogP contribution is -2.44. The Morgan fingerprint density at radius 1 is 1.17 bits per heavy atom. The fourth-order valence-corrected chi connectivity index (χ4v) is 4.82. The molecule has 4 rings (SSSR count). The highest BCUT2D eigenvalue weighted by molar-refractivity contribution is 7.15. The normalized spacial score (nSPS) is 16.5. The Morgan fingerprint density at radius 2 is 1.93 bits per heavy atom. The maximum Gasteiger partial charge on any atom is 0.274 e. The van der Waals surface area contributed by atoms with Gasteiger partial charge >= 0.3 is 0 Å². The second kappa shape index (κ2) is 9.39. The first-order valence-electron chi connectivity index (χ1n) is 10.3. The van der Waals surface area contributed by atoms with Crippen molar-refractivity contribution in [1.29, 1.82) is 0 Å². The summed E-state index contributed by atoms with van der Waals surface area (Å²) in [6.45, 7) is 3.17. The number of carbonyl (C=O) groups is 1. The first-order chi connectivity index (χ1) is 14.6. The van der Waals surface area contributed by atoms with Crippen LogP contribution >= 0.6 is 11.3 Å². The molecule has 30 heavy (non-hydrogen) atoms. The Bertz CT molecular complexity index is 988. The summed E-state index contributed by atoms with van der Waals surface area (Å²) in [7, 11) is 0. The fraction of sp³-hybridized carbons (Fsp3) is 0.333. The minimum Gasteiger partial charge on any atom is -0.494 e. The molecule has 0 N–H and O–H groups in total. The molecule has 0 spiro atoms. The van der Waals surface area contributed by atoms with E-state index in [0.717, 1.165) is 47.7 Å². The molecule has 1 saturated heterocycles. The molecular formula is C24H25FN2O2S. The molecule has 3 aromatic rings. The monoisotopic (exact) mass is 424 g/mol. The number of aryl methyl sites for hydroxylation is 1. The van der Waals surface area contributed by atoms with Crippen LogP contribution in [0.1, 0.15) is 41.2 Å². The molecule has 1 atom stereocenters. The van der Waals surface area contributed by atoms with Crippen LogP contribution in [0.3, 0.4) is 0 Å². The van der Waals surface area contributed by atoms with E-state index in [4.69, 9.17) is 4.74 Å². The number of amides is 1. The summed E-state index contributed by atoms with van der Waals surface area (Å²) in [5, 5.41) is 0.894. The van der Waals surface area contributed by atoms with Crippen LogP contribution in [0.15, 0.2) is 54.6 Å². The van der Waals surface area contributed by atoms with Crippen molar-refractivity contribution >= 4 is 17.2 Å². The van der Waals surface area contributed by atoms with Gasteiger partial charge in [0.1, 0.15) is 17.3 Å². The molecule has 0 saturated carbocycles. The average Bonchev–Trinajstić information content (AvgIpc) is 3.17. The Balaban J connectivity index is 1.47. The number of hydrogen-bond donors (Lipinski definition) is 0. The number of aromatic nitrogens is 1. The molecule has 1 aliphatic heterocycles. The van der Waals surface area contributed by atoms with E-state index < -0.39 is 0 Å². The van der Waals surface area contributed by atoms with E-state index in [-0.39, 0.29) is 17.8 Å². The maximum absolute atomic E-state index is 13.5. The SMILES string of the molecule is Cc1nc(C(=O)N2CCCCC2CCOc2ccc(F)cc2)c(-c2ccccc2)s1. The van der Waals surface area contributed by atoms with Crippen molar-refractivity contribution in [3.63, 3.8) is 0 Å². The van der Waals surface area contributed by atoms with Gasteiger partial charge in [0.05, 0.1) is 16.5 Å². The highest BCUT2D eigenvalue weighted by Gasteiger charge is 2.30. The Morgan fingerprint density at radius 3 is 2.70 bits per heavy atom. The number of piperidine rings is 1. The molecule has 1 aliphatic rings. The third kappa shape index (κ3) is 4.70. The van der Waals surface area contributed by atoms with Crippen molar-refractivity contribution in [3.05, 3.63) is 71.1 Å². The van der Waals surface area contributed by atoms with Gasteiger partial charge in [-0.25, -0.2) is 9.37 Å². The fourth-order valence-electron chi connectivity index (χ4n) is 3.90. The number of hydrogen-bond acceptors (Lipinski definition) is 4. The van der Waals surface area contributed by atoms with E-state index in [1.807, 2.05) is 42.2 Å². The molecule has 1 unspecified atom stereocenters. The van der Waals surface area contributed by atoms with Crippen molar-refractivity contribution in [2.45, 2.75) is 38.6 Å². The van der Waals surface area contributed by atoms with Crippen molar-refractivity contribution in [2.75, 3.05) is 13.2 Å². The Hall–Kier alpha value is -2.73. The van der Waals surface area contributed by atoms with Gasteiger partial charge in [-0.3, -0.25) is 4.79 Å². The molecule has 156 valence electrons. The minimum absolute atomic E-state index is 0.00434. The largest absolute Gasteiger partial charge is 0.494 e. The van der Waals surface area contributed by atoms with Gasteiger partial charge in [-0.2, -0.15) is 0 Å². The molecule has 2 aromatic carbocycles. The summed E-state index contributed by atoms with van der Waals surface area (Å²) < 4.78 is 18.8. The van der Waals surface area contributed by atoms with Crippen molar-refractivity contribution in [3.8, 4) is 16.2 Å². The third-order valence-corrected chi connectivity index (χ3v) is 6.41. The van der Waals surface area contributed by atoms with Gasteiger partial charge in [0.15, 0.2) is 0 Å². The van der Waals surface area contributed by atoms with E-state index in [1.165, 1.54) is 12.1 Å². The van der Waals surface area contributed by atoms with E-state index in [9.17, 15) is 9.18 Å². The number of benzene rings is 2. The molecular weight excluding hydrogens is 399 g/mol. The predicted octanol–water partition coefficient (Wildman–Crippen LogP) is 5.72. The molecule has 1 aromatic heterocycles. The van der Waals surface area contributed by atoms with Crippen molar-refractivity contribution < 1.29 is 13.9 Å². The van der Waals surface area contributed by atoms with Crippen LogP contribution in [-0.4, -0.2) is 35.0 Å². The van der Waals surface area contributed by atoms with E-state index in [0.29, 0.717) is 18.1 Å². The lowest BCUT2D eigenvalue weighted by Gasteiger charge is -2.35. The zero-order valence-corrected chi connectivity index (χ0v) is 17.8. The number of likely N-dealkylation sites (tertiary alicyclic amines) is 1. The number of halogens is 1. The van der Waals surface area contributed by atoms with Crippen molar-refractivity contribution in [2.24, 2.45) is 0 Å². The molecule has 6 heteroatoms. The summed E-state index contributed by atoms with van der Waals surface area (Å²) >= 11 is 1.56. The zero-order valence-electron chi connectivity index (χ0n) is 17.0. The van der Waals surface area contributed by atoms with E-state index >= 15 is 0 Å². The first kappa shape index (κ1) is 20.5. The maximum atomic E-state index is 13.5. The second-order valence-electron chi connectivity index (χ2n) is 7.52. The summed E-state index contributed by atoms with van der Waals surface area (Å²) in [4.78, 5) is 21.0. The van der Waals surface area contributed by atoms with Crippen LogP contribution in [-0.2, 0) is 0 Å². The van der Waals surface area contributed by atoms with Gasteiger partial charge in [-0.15, -0.1) is 11.3 Å². The van der Waals surface area contributed by atoms with Crippen LogP contribution in [0, 0.1) is 12.7 Å². The van der Waals surface area contributed by atoms with E-state index in [2.05, 4.69) is 4.98 Å². The quantitative estimate of drug-likeness (QED) is 0.508. The summed E-state index contributed by atoms with van der Waals surface area (Å²) in [5.74, 6) is 0.371. The standard InChI is InChI=1S/C24H25FN2O2S/c1-17-26-22(23(30-17)18-7-3-2-4-8-18)24(28)27-15-6-5-9-20(27)14-16-29-21-12-10-19(25)11-13-21/h2-4,7-8,10-13,20H,5-6,9,14-16H2,1H3. The second-order valence-corrected chi connectivity index (χ2v) is 8.72. The third-order valence-electron chi connectivity index (χ3n) is 5.39. The van der Waals surface area contributed by atoms with Gasteiger partial charge < -0.3 is 9.64 Å². The number of ether oxygens (including phenoxy) is 1. The van der Waals surface area contributed by atoms with Crippen molar-refractivity contribution in [1.82, 2.24) is 9.88 Å². The molecule has 0 radical (unpaired) electrons. The van der Waals surface area contributed by atoms with Gasteiger partial charge in [-0.05, 0) is 56.0 Å². The summed E-state index contributed by atoms with van der Waals surface area (Å²) in [6.07, 6.45) is 3.81. The Kier molecular flexibility index (Phi) is 6.43. The molecule has 0 bridgehead atoms. The average molecular weight is 425 g/mol. The lowest BCUT2D eigenvalue weighted by molar-refractivity contribution is 0.0576. The Labute approximate surface area is 180 Å². The summed E-state index contributed by atoms with van der Waals surface area (Å²) in [5.41, 5.74) is 1.58. The van der Waals surface area contributed by atoms with E-state index in [1.54, 1.807) is 23.5 Å². The molecule has 0 aliphatic carbocycles. The van der Waals surface area contributed by atoms with Crippen LogP contribution in [0.25, 0.3) is 10.4 Å². The lowest BCUT2D eigenvalue weighted by atomic mass is 9.98. The van der Waals surface area contributed by atoms with Gasteiger partial charge in [-0.1, -0.05) is 30.3 Å². The smallest absolute Gasteiger partial charge is 0.274 e. The molecule has 2 heterocycles. The van der Waals surface area contributed by atoms with Crippen LogP contribution < -0.4 is 4.74 Å². The van der Waals surface area contributed by atoms with Gasteiger partial charge in [0, 0.05) is 19.0 Å². The number of thiazole rings is 1. The number of nitrogens with zero attached hydrogens (tertiary/aromatic N) is 2. The summed E-state index contributed by atoms with van der Waals surface area (Å²) in [6, 6.07) is 16.1.